The Balaban J connectivity index is 1.70. The van der Waals surface area contributed by atoms with Gasteiger partial charge in [-0.2, -0.15) is 0 Å². The van der Waals surface area contributed by atoms with Crippen LogP contribution in [0.1, 0.15) is 25.1 Å². The van der Waals surface area contributed by atoms with Crippen LogP contribution >= 0.6 is 23.4 Å². The molecule has 2 aromatic rings. The maximum absolute atomic E-state index is 13.0. The molecule has 0 radical (unpaired) electrons. The highest BCUT2D eigenvalue weighted by Crippen LogP contribution is 2.42. The van der Waals surface area contributed by atoms with Crippen LogP contribution < -0.4 is 25.4 Å². The summed E-state index contributed by atoms with van der Waals surface area (Å²) in [6.45, 7) is 2.23. The molecule has 0 aliphatic carbocycles. The number of amidine groups is 1. The van der Waals surface area contributed by atoms with Gasteiger partial charge >= 0.3 is 0 Å². The number of hydrogen-bond acceptors (Lipinski definition) is 7. The summed E-state index contributed by atoms with van der Waals surface area (Å²) in [5.74, 6) is 1.85. The smallest absolute Gasteiger partial charge is 0.276 e. The van der Waals surface area contributed by atoms with Gasteiger partial charge in [0.15, 0.2) is 22.8 Å². The third kappa shape index (κ3) is 3.12. The zero-order valence-electron chi connectivity index (χ0n) is 15.5. The van der Waals surface area contributed by atoms with Gasteiger partial charge in [0.1, 0.15) is 5.70 Å². The second-order valence-electron chi connectivity index (χ2n) is 6.65. The van der Waals surface area contributed by atoms with Gasteiger partial charge in [0, 0.05) is 22.6 Å². The third-order valence-corrected chi connectivity index (χ3v) is 6.13. The van der Waals surface area contributed by atoms with Crippen molar-refractivity contribution < 1.29 is 14.3 Å². The highest BCUT2D eigenvalue weighted by atomic mass is 35.5. The van der Waals surface area contributed by atoms with E-state index in [1.807, 2.05) is 30.3 Å². The van der Waals surface area contributed by atoms with E-state index in [9.17, 15) is 4.79 Å². The van der Waals surface area contributed by atoms with Gasteiger partial charge in [-0.1, -0.05) is 48.5 Å². The molecule has 0 fully saturated rings. The van der Waals surface area contributed by atoms with Crippen LogP contribution in [0.2, 0.25) is 5.02 Å². The first-order chi connectivity index (χ1) is 14.2. The van der Waals surface area contributed by atoms with Crippen LogP contribution in [0.5, 0.6) is 11.5 Å². The van der Waals surface area contributed by atoms with E-state index in [1.165, 1.54) is 11.8 Å². The topological polar surface area (TPSA) is 75.5 Å². The molecule has 0 aromatic heterocycles. The van der Waals surface area contributed by atoms with Gasteiger partial charge in [-0.15, -0.1) is 5.10 Å². The Morgan fingerprint density at radius 1 is 1.28 bits per heavy atom. The van der Waals surface area contributed by atoms with E-state index in [-0.39, 0.29) is 12.7 Å². The first-order valence-electron chi connectivity index (χ1n) is 9.24. The number of fused-ring (bicyclic) bond motifs is 3. The number of carbonyl (C=O) groups excluding carboxylic acids is 1. The number of rotatable bonds is 3. The third-order valence-electron chi connectivity index (χ3n) is 4.73. The lowest BCUT2D eigenvalue weighted by atomic mass is 10.1. The number of hydrogen-bond donors (Lipinski definition) is 1. The van der Waals surface area contributed by atoms with Crippen molar-refractivity contribution in [3.63, 3.8) is 0 Å². The molecule has 7 nitrogen and oxygen atoms in total. The molecule has 148 valence electrons. The fraction of sp³-hybridized carbons (Fsp3) is 0.250. The van der Waals surface area contributed by atoms with Crippen molar-refractivity contribution in [2.45, 2.75) is 19.5 Å². The van der Waals surface area contributed by atoms with E-state index in [0.29, 0.717) is 38.3 Å². The number of hydrazone groups is 1. The van der Waals surface area contributed by atoms with Crippen molar-refractivity contribution in [2.75, 3.05) is 12.5 Å². The lowest BCUT2D eigenvalue weighted by Gasteiger charge is -2.34. The van der Waals surface area contributed by atoms with Gasteiger partial charge in [0.2, 0.25) is 6.79 Å². The zero-order chi connectivity index (χ0) is 20.0. The van der Waals surface area contributed by atoms with E-state index < -0.39 is 6.17 Å². The largest absolute Gasteiger partial charge is 0.454 e. The molecule has 9 heteroatoms. The quantitative estimate of drug-likeness (QED) is 0.812. The molecule has 1 atom stereocenters. The average molecular weight is 429 g/mol. The number of ether oxygens (including phenoxy) is 2. The summed E-state index contributed by atoms with van der Waals surface area (Å²) < 4.78 is 10.9. The molecule has 0 saturated heterocycles. The molecule has 1 unspecified atom stereocenters. The van der Waals surface area contributed by atoms with E-state index in [1.54, 1.807) is 11.1 Å². The Morgan fingerprint density at radius 3 is 2.90 bits per heavy atom. The minimum Gasteiger partial charge on any atom is -0.454 e. The summed E-state index contributed by atoms with van der Waals surface area (Å²) in [7, 11) is 0. The Morgan fingerprint density at radius 2 is 2.07 bits per heavy atom. The zero-order valence-corrected chi connectivity index (χ0v) is 17.1. The van der Waals surface area contributed by atoms with Crippen molar-refractivity contribution in [3.05, 3.63) is 57.6 Å². The van der Waals surface area contributed by atoms with E-state index in [2.05, 4.69) is 12.2 Å². The van der Waals surface area contributed by atoms with Crippen molar-refractivity contribution in [1.82, 2.24) is 10.3 Å². The minimum atomic E-state index is -0.592. The SMILES string of the molecule is CCCSC1=NN2C(=c3ccccc3=NC2c2cc3c(cc2Cl)OCO3)C(=O)N1. The highest BCUT2D eigenvalue weighted by Gasteiger charge is 2.36. The highest BCUT2D eigenvalue weighted by molar-refractivity contribution is 8.13. The molecule has 1 amide bonds. The normalized spacial score (nSPS) is 19.2. The van der Waals surface area contributed by atoms with Crippen LogP contribution in [0.4, 0.5) is 0 Å². The maximum atomic E-state index is 13.0. The van der Waals surface area contributed by atoms with Gasteiger partial charge in [0.05, 0.1) is 10.4 Å². The fourth-order valence-electron chi connectivity index (χ4n) is 3.42. The number of para-hydroxylation sites is 1. The van der Waals surface area contributed by atoms with Gasteiger partial charge < -0.3 is 9.47 Å². The Kier molecular flexibility index (Phi) is 4.60. The lowest BCUT2D eigenvalue weighted by molar-refractivity contribution is -0.116. The number of thioether (sulfide) groups is 1. The number of halogens is 1. The molecular weight excluding hydrogens is 412 g/mol. The summed E-state index contributed by atoms with van der Waals surface area (Å²) >= 11 is 8.07. The van der Waals surface area contributed by atoms with E-state index in [0.717, 1.165) is 17.4 Å². The van der Waals surface area contributed by atoms with Crippen LogP contribution in [0.3, 0.4) is 0 Å². The van der Waals surface area contributed by atoms with Crippen molar-refractivity contribution >= 4 is 40.1 Å². The Hall–Kier alpha value is -2.71. The molecule has 0 saturated carbocycles. The van der Waals surface area contributed by atoms with Crippen molar-refractivity contribution in [3.8, 4) is 11.5 Å². The Labute approximate surface area is 176 Å². The van der Waals surface area contributed by atoms with E-state index >= 15 is 0 Å². The predicted molar refractivity (Wildman–Crippen MR) is 111 cm³/mol. The second kappa shape index (κ2) is 7.27. The number of nitrogens with zero attached hydrogens (tertiary/aromatic N) is 3. The standard InChI is InChI=1S/C20H17ClN4O3S/c1-2-7-29-20-23-19(26)17-11-5-3-4-6-14(11)22-18(25(17)24-20)12-8-15-16(9-13(12)21)28-10-27-15/h3-6,8-9,18H,2,7,10H2,1H3,(H,23,24,26). The summed E-state index contributed by atoms with van der Waals surface area (Å²) in [5, 5.41) is 11.7. The molecule has 0 bridgehead atoms. The summed E-state index contributed by atoms with van der Waals surface area (Å²) in [4.78, 5) is 17.9. The van der Waals surface area contributed by atoms with Crippen molar-refractivity contribution in [2.24, 2.45) is 10.1 Å². The van der Waals surface area contributed by atoms with Crippen LogP contribution in [0.25, 0.3) is 5.70 Å². The van der Waals surface area contributed by atoms with Gasteiger partial charge in [-0.3, -0.25) is 15.1 Å². The second-order valence-corrected chi connectivity index (χ2v) is 8.14. The lowest BCUT2D eigenvalue weighted by Crippen LogP contribution is -2.50. The molecule has 2 aromatic carbocycles. The molecular formula is C20H17ClN4O3S. The molecule has 29 heavy (non-hydrogen) atoms. The van der Waals surface area contributed by atoms with Crippen LogP contribution in [0.15, 0.2) is 46.5 Å². The Bertz CT molecular complexity index is 1170. The first-order valence-corrected chi connectivity index (χ1v) is 10.6. The molecule has 0 spiro atoms. The van der Waals surface area contributed by atoms with Gasteiger partial charge in [0.25, 0.3) is 5.91 Å². The van der Waals surface area contributed by atoms with Crippen molar-refractivity contribution in [1.29, 1.82) is 0 Å². The summed E-state index contributed by atoms with van der Waals surface area (Å²) in [6.07, 6.45) is 0.381. The summed E-state index contributed by atoms with van der Waals surface area (Å²) in [5.41, 5.74) is 1.15. The van der Waals surface area contributed by atoms with Gasteiger partial charge in [-0.25, -0.2) is 5.01 Å². The average Bonchev–Trinajstić information content (AvgIpc) is 3.18. The van der Waals surface area contributed by atoms with Gasteiger partial charge in [-0.05, 0) is 18.6 Å². The van der Waals surface area contributed by atoms with Crippen LogP contribution in [-0.4, -0.2) is 28.6 Å². The molecule has 5 rings (SSSR count). The fourth-order valence-corrected chi connectivity index (χ4v) is 4.38. The number of nitrogens with one attached hydrogen (secondary N) is 1. The van der Waals surface area contributed by atoms with E-state index in [4.69, 9.17) is 31.2 Å². The number of amides is 1. The monoisotopic (exact) mass is 428 g/mol. The van der Waals surface area contributed by atoms with Crippen LogP contribution in [-0.2, 0) is 4.79 Å². The molecule has 3 aliphatic rings. The first kappa shape index (κ1) is 18.3. The maximum Gasteiger partial charge on any atom is 0.276 e. The molecule has 3 heterocycles. The molecule has 3 aliphatic heterocycles. The van der Waals surface area contributed by atoms with Crippen LogP contribution in [0, 0.1) is 0 Å². The predicted octanol–water partition coefficient (Wildman–Crippen LogP) is 2.35. The molecule has 1 N–H and O–H groups in total. The number of carbonyl (C=O) groups is 1. The number of benzene rings is 2. The summed E-state index contributed by atoms with van der Waals surface area (Å²) in [6, 6.07) is 11.1. The minimum absolute atomic E-state index is 0.152.